The Morgan fingerprint density at radius 1 is 1.50 bits per heavy atom. The van der Waals surface area contributed by atoms with Crippen molar-refractivity contribution >= 4 is 0 Å². The van der Waals surface area contributed by atoms with E-state index in [2.05, 4.69) is 51.8 Å². The number of fused-ring (bicyclic) bond motifs is 1. The van der Waals surface area contributed by atoms with Gasteiger partial charge in [0.25, 0.3) is 0 Å². The van der Waals surface area contributed by atoms with Crippen LogP contribution in [-0.2, 0) is 0 Å². The Hall–Kier alpha value is -1.22. The minimum Gasteiger partial charge on any atom is -0.119 e. The molecule has 0 aromatic rings. The molecule has 2 rings (SSSR count). The first-order chi connectivity index (χ1) is 8.58. The van der Waals surface area contributed by atoms with Crippen molar-refractivity contribution in [3.63, 3.8) is 0 Å². The fourth-order valence-corrected chi connectivity index (χ4v) is 3.48. The van der Waals surface area contributed by atoms with Crippen molar-refractivity contribution in [1.82, 2.24) is 0 Å². The Balaban J connectivity index is 2.24. The van der Waals surface area contributed by atoms with Gasteiger partial charge in [0.2, 0.25) is 0 Å². The van der Waals surface area contributed by atoms with Crippen molar-refractivity contribution in [2.24, 2.45) is 23.7 Å². The highest BCUT2D eigenvalue weighted by atomic mass is 14.4. The number of allylic oxidation sites excluding steroid dienone is 6. The number of terminal acetylenes is 1. The van der Waals surface area contributed by atoms with Crippen LogP contribution in [0.15, 0.2) is 34.9 Å². The van der Waals surface area contributed by atoms with Gasteiger partial charge in [-0.25, -0.2) is 0 Å². The molecule has 0 heteroatoms. The second kappa shape index (κ2) is 5.19. The molecule has 0 aromatic carbocycles. The molecule has 0 radical (unpaired) electrons. The van der Waals surface area contributed by atoms with E-state index in [1.165, 1.54) is 23.1 Å². The van der Waals surface area contributed by atoms with Crippen molar-refractivity contribution in [1.29, 1.82) is 0 Å². The normalized spacial score (nSPS) is 35.6. The third-order valence-electron chi connectivity index (χ3n) is 4.93. The van der Waals surface area contributed by atoms with E-state index in [1.807, 2.05) is 0 Å². The van der Waals surface area contributed by atoms with Crippen LogP contribution in [0, 0.1) is 36.0 Å². The largest absolute Gasteiger partial charge is 0.119 e. The lowest BCUT2D eigenvalue weighted by atomic mass is 9.79. The van der Waals surface area contributed by atoms with Gasteiger partial charge in [-0.05, 0) is 51.4 Å². The lowest BCUT2D eigenvalue weighted by Gasteiger charge is -2.25. The van der Waals surface area contributed by atoms with Gasteiger partial charge in [0.05, 0.1) is 0 Å². The van der Waals surface area contributed by atoms with Gasteiger partial charge >= 0.3 is 0 Å². The van der Waals surface area contributed by atoms with Gasteiger partial charge in [-0.3, -0.25) is 0 Å². The summed E-state index contributed by atoms with van der Waals surface area (Å²) in [5, 5.41) is 0. The van der Waals surface area contributed by atoms with E-state index >= 15 is 0 Å². The lowest BCUT2D eigenvalue weighted by Crippen LogP contribution is -2.15. The van der Waals surface area contributed by atoms with Crippen LogP contribution in [0.25, 0.3) is 0 Å². The van der Waals surface area contributed by atoms with E-state index < -0.39 is 0 Å². The van der Waals surface area contributed by atoms with Crippen LogP contribution in [0.2, 0.25) is 0 Å². The Morgan fingerprint density at radius 3 is 2.83 bits per heavy atom. The second-order valence-electron chi connectivity index (χ2n) is 5.95. The van der Waals surface area contributed by atoms with Crippen LogP contribution in [0.4, 0.5) is 0 Å². The molecule has 4 atom stereocenters. The predicted molar refractivity (Wildman–Crippen MR) is 79.0 cm³/mol. The summed E-state index contributed by atoms with van der Waals surface area (Å²) in [6.45, 7) is 8.93. The minimum atomic E-state index is 0.358. The Morgan fingerprint density at radius 2 is 2.22 bits per heavy atom. The average molecular weight is 240 g/mol. The van der Waals surface area contributed by atoms with Gasteiger partial charge in [-0.1, -0.05) is 47.8 Å². The zero-order valence-electron chi connectivity index (χ0n) is 12.0. The highest BCUT2D eigenvalue weighted by Crippen LogP contribution is 2.49. The smallest absolute Gasteiger partial charge is 0.0446 e. The van der Waals surface area contributed by atoms with Crippen LogP contribution in [-0.4, -0.2) is 0 Å². The lowest BCUT2D eigenvalue weighted by molar-refractivity contribution is 0.411. The molecule has 0 bridgehead atoms. The fraction of sp³-hybridized carbons (Fsp3) is 0.556. The number of rotatable bonds is 2. The third kappa shape index (κ3) is 2.19. The van der Waals surface area contributed by atoms with Crippen LogP contribution in [0.5, 0.6) is 0 Å². The average Bonchev–Trinajstić information content (AvgIpc) is 2.71. The van der Waals surface area contributed by atoms with E-state index in [0.29, 0.717) is 23.7 Å². The summed E-state index contributed by atoms with van der Waals surface area (Å²) in [5.74, 6) is 5.40. The molecule has 18 heavy (non-hydrogen) atoms. The zero-order chi connectivity index (χ0) is 13.3. The molecule has 96 valence electrons. The van der Waals surface area contributed by atoms with E-state index in [9.17, 15) is 0 Å². The summed E-state index contributed by atoms with van der Waals surface area (Å²) in [6.07, 6.45) is 15.0. The Bertz CT molecular complexity index is 453. The SMILES string of the molecule is C#CC1C2=CC=C(C)C(C)C2CC1CC(C)=CC. The number of hydrogen-bond donors (Lipinski definition) is 0. The van der Waals surface area contributed by atoms with Crippen LogP contribution in [0.3, 0.4) is 0 Å². The molecule has 2 aliphatic carbocycles. The fourth-order valence-electron chi connectivity index (χ4n) is 3.48. The molecule has 1 fully saturated rings. The standard InChI is InChI=1S/C18H24/c1-6-12(3)10-15-11-18-14(5)13(4)8-9-17(18)16(15)7-2/h2,6,8-9,14-16,18H,10-11H2,1,3-5H3. The first-order valence-corrected chi connectivity index (χ1v) is 7.04. The van der Waals surface area contributed by atoms with Gasteiger partial charge in [0, 0.05) is 5.92 Å². The summed E-state index contributed by atoms with van der Waals surface area (Å²) in [7, 11) is 0. The van der Waals surface area contributed by atoms with Gasteiger partial charge in [0.15, 0.2) is 0 Å². The van der Waals surface area contributed by atoms with Crippen LogP contribution < -0.4 is 0 Å². The summed E-state index contributed by atoms with van der Waals surface area (Å²) in [6, 6.07) is 0. The summed E-state index contributed by atoms with van der Waals surface area (Å²) >= 11 is 0. The summed E-state index contributed by atoms with van der Waals surface area (Å²) in [5.41, 5.74) is 4.49. The molecule has 0 saturated heterocycles. The quantitative estimate of drug-likeness (QED) is 0.482. The maximum Gasteiger partial charge on any atom is 0.0446 e. The number of hydrogen-bond acceptors (Lipinski definition) is 0. The molecule has 0 aromatic heterocycles. The first-order valence-electron chi connectivity index (χ1n) is 7.04. The molecule has 0 amide bonds. The monoisotopic (exact) mass is 240 g/mol. The molecule has 1 saturated carbocycles. The van der Waals surface area contributed by atoms with Gasteiger partial charge in [-0.15, -0.1) is 6.42 Å². The van der Waals surface area contributed by atoms with Gasteiger partial charge in [-0.2, -0.15) is 0 Å². The summed E-state index contributed by atoms with van der Waals surface area (Å²) in [4.78, 5) is 0. The molecular formula is C18H24. The van der Waals surface area contributed by atoms with Gasteiger partial charge in [0.1, 0.15) is 0 Å². The summed E-state index contributed by atoms with van der Waals surface area (Å²) < 4.78 is 0. The molecule has 0 N–H and O–H groups in total. The minimum absolute atomic E-state index is 0.358. The van der Waals surface area contributed by atoms with Crippen molar-refractivity contribution in [3.8, 4) is 12.3 Å². The van der Waals surface area contributed by atoms with E-state index in [1.54, 1.807) is 0 Å². The maximum absolute atomic E-state index is 5.80. The Labute approximate surface area is 112 Å². The predicted octanol–water partition coefficient (Wildman–Crippen LogP) is 4.75. The first kappa shape index (κ1) is 13.2. The van der Waals surface area contributed by atoms with Crippen LogP contribution >= 0.6 is 0 Å². The van der Waals surface area contributed by atoms with E-state index in [-0.39, 0.29) is 0 Å². The van der Waals surface area contributed by atoms with Crippen molar-refractivity contribution in [2.45, 2.75) is 40.5 Å². The third-order valence-corrected chi connectivity index (χ3v) is 4.93. The van der Waals surface area contributed by atoms with E-state index in [0.717, 1.165) is 6.42 Å². The molecule has 2 aliphatic rings. The van der Waals surface area contributed by atoms with Crippen molar-refractivity contribution in [2.75, 3.05) is 0 Å². The zero-order valence-corrected chi connectivity index (χ0v) is 12.0. The topological polar surface area (TPSA) is 0 Å². The molecular weight excluding hydrogens is 216 g/mol. The molecule has 0 nitrogen and oxygen atoms in total. The molecule has 4 unspecified atom stereocenters. The van der Waals surface area contributed by atoms with E-state index in [4.69, 9.17) is 6.42 Å². The highest BCUT2D eigenvalue weighted by molar-refractivity contribution is 5.36. The van der Waals surface area contributed by atoms with Crippen molar-refractivity contribution in [3.05, 3.63) is 34.9 Å². The van der Waals surface area contributed by atoms with Gasteiger partial charge < -0.3 is 0 Å². The molecule has 0 heterocycles. The Kier molecular flexibility index (Phi) is 3.81. The van der Waals surface area contributed by atoms with Crippen LogP contribution in [0.1, 0.15) is 40.5 Å². The molecule has 0 spiro atoms. The highest BCUT2D eigenvalue weighted by Gasteiger charge is 2.41. The maximum atomic E-state index is 5.80. The van der Waals surface area contributed by atoms with Crippen molar-refractivity contribution < 1.29 is 0 Å². The second-order valence-corrected chi connectivity index (χ2v) is 5.95. The molecule has 0 aliphatic heterocycles.